The lowest BCUT2D eigenvalue weighted by Crippen LogP contribution is -2.13. The van der Waals surface area contributed by atoms with Crippen molar-refractivity contribution in [2.24, 2.45) is 0 Å². The monoisotopic (exact) mass is 346 g/mol. The third kappa shape index (κ3) is 7.11. The molecule has 0 aliphatic rings. The van der Waals surface area contributed by atoms with Gasteiger partial charge in [0.15, 0.2) is 9.84 Å². The summed E-state index contributed by atoms with van der Waals surface area (Å²) in [5.74, 6) is 0.256. The van der Waals surface area contributed by atoms with Crippen molar-refractivity contribution in [2.45, 2.75) is 56.1 Å². The zero-order valence-corrected chi connectivity index (χ0v) is 15.8. The Bertz CT molecular complexity index is 519. The van der Waals surface area contributed by atoms with Gasteiger partial charge in [0, 0.05) is 4.75 Å². The first-order chi connectivity index (χ1) is 9.77. The maximum absolute atomic E-state index is 12.2. The third-order valence-corrected chi connectivity index (χ3v) is 7.87. The van der Waals surface area contributed by atoms with Gasteiger partial charge in [-0.05, 0) is 52.0 Å². The highest BCUT2D eigenvalue weighted by Gasteiger charge is 2.18. The van der Waals surface area contributed by atoms with Crippen LogP contribution in [0.4, 0.5) is 0 Å². The van der Waals surface area contributed by atoms with E-state index in [9.17, 15) is 8.42 Å². The minimum Gasteiger partial charge on any atom is -0.224 e. The van der Waals surface area contributed by atoms with Crippen LogP contribution in [-0.2, 0) is 9.84 Å². The van der Waals surface area contributed by atoms with Gasteiger partial charge < -0.3 is 0 Å². The van der Waals surface area contributed by atoms with Crippen LogP contribution < -0.4 is 0 Å². The van der Waals surface area contributed by atoms with E-state index in [0.717, 1.165) is 31.2 Å². The Morgan fingerprint density at radius 3 is 2.24 bits per heavy atom. The SMILES string of the molecule is CSSC(C)(C)CCCCCS(=O)(=O)c1ccc(C)cc1. The molecule has 0 spiro atoms. The Hall–Kier alpha value is -0.130. The highest BCUT2D eigenvalue weighted by atomic mass is 33.1. The van der Waals surface area contributed by atoms with Crippen molar-refractivity contribution >= 4 is 31.4 Å². The summed E-state index contributed by atoms with van der Waals surface area (Å²) < 4.78 is 24.7. The van der Waals surface area contributed by atoms with Gasteiger partial charge in [0.25, 0.3) is 0 Å². The molecule has 0 unspecified atom stereocenters. The predicted octanol–water partition coefficient (Wildman–Crippen LogP) is 5.12. The zero-order valence-electron chi connectivity index (χ0n) is 13.4. The summed E-state index contributed by atoms with van der Waals surface area (Å²) in [5, 5.41) is 0. The fraction of sp³-hybridized carbons (Fsp3) is 0.625. The van der Waals surface area contributed by atoms with E-state index in [4.69, 9.17) is 0 Å². The van der Waals surface area contributed by atoms with Crippen molar-refractivity contribution in [1.82, 2.24) is 0 Å². The molecule has 0 atom stereocenters. The molecule has 0 aromatic heterocycles. The molecular formula is C16H26O2S3. The van der Waals surface area contributed by atoms with Crippen LogP contribution in [0.1, 0.15) is 45.1 Å². The summed E-state index contributed by atoms with van der Waals surface area (Å²) in [6.45, 7) is 6.46. The minimum absolute atomic E-state index is 0.256. The molecule has 0 N–H and O–H groups in total. The fourth-order valence-electron chi connectivity index (χ4n) is 2.15. The lowest BCUT2D eigenvalue weighted by atomic mass is 10.0. The van der Waals surface area contributed by atoms with E-state index in [0.29, 0.717) is 4.90 Å². The summed E-state index contributed by atoms with van der Waals surface area (Å²) in [5.41, 5.74) is 1.09. The van der Waals surface area contributed by atoms with Gasteiger partial charge in [-0.15, -0.1) is 0 Å². The smallest absolute Gasteiger partial charge is 0.178 e. The number of unbranched alkanes of at least 4 members (excludes halogenated alkanes) is 2. The van der Waals surface area contributed by atoms with Crippen molar-refractivity contribution < 1.29 is 8.42 Å². The molecule has 0 aliphatic heterocycles. The molecule has 0 saturated heterocycles. The van der Waals surface area contributed by atoms with Crippen LogP contribution in [0.15, 0.2) is 29.2 Å². The highest BCUT2D eigenvalue weighted by molar-refractivity contribution is 8.76. The topological polar surface area (TPSA) is 34.1 Å². The first-order valence-electron chi connectivity index (χ1n) is 7.28. The van der Waals surface area contributed by atoms with Gasteiger partial charge in [-0.1, -0.05) is 52.1 Å². The van der Waals surface area contributed by atoms with Gasteiger partial charge in [0.2, 0.25) is 0 Å². The van der Waals surface area contributed by atoms with Crippen LogP contribution in [0.2, 0.25) is 0 Å². The van der Waals surface area contributed by atoms with Gasteiger partial charge >= 0.3 is 0 Å². The van der Waals surface area contributed by atoms with Crippen LogP contribution in [0, 0.1) is 6.92 Å². The van der Waals surface area contributed by atoms with Crippen LogP contribution in [0.5, 0.6) is 0 Å². The van der Waals surface area contributed by atoms with E-state index in [1.165, 1.54) is 0 Å². The number of benzene rings is 1. The molecular weight excluding hydrogens is 320 g/mol. The number of hydrogen-bond acceptors (Lipinski definition) is 4. The molecule has 0 aliphatic carbocycles. The summed E-state index contributed by atoms with van der Waals surface area (Å²) in [7, 11) is 0.577. The Kier molecular flexibility index (Phi) is 7.65. The normalized spacial score (nSPS) is 12.6. The molecule has 0 bridgehead atoms. The van der Waals surface area contributed by atoms with Crippen LogP contribution >= 0.6 is 21.6 Å². The van der Waals surface area contributed by atoms with Gasteiger partial charge in [0.1, 0.15) is 0 Å². The van der Waals surface area contributed by atoms with Gasteiger partial charge in [-0.2, -0.15) is 0 Å². The second-order valence-corrected chi connectivity index (χ2v) is 11.2. The Balaban J connectivity index is 2.36. The van der Waals surface area contributed by atoms with E-state index in [2.05, 4.69) is 20.1 Å². The van der Waals surface area contributed by atoms with Gasteiger partial charge in [-0.3, -0.25) is 0 Å². The molecule has 21 heavy (non-hydrogen) atoms. The van der Waals surface area contributed by atoms with Crippen LogP contribution in [0.3, 0.4) is 0 Å². The van der Waals surface area contributed by atoms with E-state index < -0.39 is 9.84 Å². The Morgan fingerprint density at radius 2 is 1.67 bits per heavy atom. The van der Waals surface area contributed by atoms with Crippen LogP contribution in [0.25, 0.3) is 0 Å². The molecule has 0 amide bonds. The molecule has 1 rings (SSSR count). The summed E-state index contributed by atoms with van der Waals surface area (Å²) in [6.07, 6.45) is 6.04. The maximum Gasteiger partial charge on any atom is 0.178 e. The Morgan fingerprint density at radius 1 is 1.05 bits per heavy atom. The molecule has 120 valence electrons. The van der Waals surface area contributed by atoms with E-state index in [1.807, 2.05) is 29.9 Å². The van der Waals surface area contributed by atoms with Crippen molar-refractivity contribution in [3.63, 3.8) is 0 Å². The third-order valence-electron chi connectivity index (χ3n) is 3.38. The van der Waals surface area contributed by atoms with Gasteiger partial charge in [-0.25, -0.2) is 8.42 Å². The Labute approximate surface area is 137 Å². The minimum atomic E-state index is -3.11. The molecule has 2 nitrogen and oxygen atoms in total. The number of sulfone groups is 1. The number of hydrogen-bond donors (Lipinski definition) is 0. The van der Waals surface area contributed by atoms with E-state index in [1.54, 1.807) is 22.9 Å². The lowest BCUT2D eigenvalue weighted by molar-refractivity contribution is 0.565. The molecule has 0 fully saturated rings. The van der Waals surface area contributed by atoms with Crippen molar-refractivity contribution in [3.8, 4) is 0 Å². The van der Waals surface area contributed by atoms with Crippen molar-refractivity contribution in [2.75, 3.05) is 12.0 Å². The molecule has 1 aromatic carbocycles. The standard InChI is InChI=1S/C16H26O2S3/c1-14-8-10-15(11-9-14)21(17,18)13-7-5-6-12-16(2,3)20-19-4/h8-11H,5-7,12-13H2,1-4H3. The summed E-state index contributed by atoms with van der Waals surface area (Å²) >= 11 is 0. The summed E-state index contributed by atoms with van der Waals surface area (Å²) in [4.78, 5) is 0.450. The second-order valence-electron chi connectivity index (χ2n) is 5.95. The van der Waals surface area contributed by atoms with E-state index >= 15 is 0 Å². The summed E-state index contributed by atoms with van der Waals surface area (Å²) in [6, 6.07) is 7.13. The first kappa shape index (κ1) is 18.9. The quantitative estimate of drug-likeness (QED) is 0.459. The number of rotatable bonds is 9. The molecule has 0 heterocycles. The molecule has 0 radical (unpaired) electrons. The molecule has 0 saturated carbocycles. The molecule has 1 aromatic rings. The van der Waals surface area contributed by atoms with E-state index in [-0.39, 0.29) is 10.5 Å². The zero-order chi connectivity index (χ0) is 15.9. The van der Waals surface area contributed by atoms with Gasteiger partial charge in [0.05, 0.1) is 10.6 Å². The second kappa shape index (κ2) is 8.49. The average Bonchev–Trinajstić information content (AvgIpc) is 2.38. The molecule has 5 heteroatoms. The maximum atomic E-state index is 12.2. The highest BCUT2D eigenvalue weighted by Crippen LogP contribution is 2.37. The fourth-order valence-corrected chi connectivity index (χ4v) is 5.80. The largest absolute Gasteiger partial charge is 0.224 e. The average molecular weight is 347 g/mol. The lowest BCUT2D eigenvalue weighted by Gasteiger charge is -2.22. The number of aryl methyl sites for hydroxylation is 1. The van der Waals surface area contributed by atoms with Crippen molar-refractivity contribution in [1.29, 1.82) is 0 Å². The first-order valence-corrected chi connectivity index (χ1v) is 11.5. The van der Waals surface area contributed by atoms with Crippen molar-refractivity contribution in [3.05, 3.63) is 29.8 Å². The van der Waals surface area contributed by atoms with Crippen LogP contribution in [-0.4, -0.2) is 25.2 Å². The predicted molar refractivity (Wildman–Crippen MR) is 96.9 cm³/mol.